The van der Waals surface area contributed by atoms with Crippen LogP contribution in [0.3, 0.4) is 0 Å². The minimum absolute atomic E-state index is 0.775. The van der Waals surface area contributed by atoms with Crippen LogP contribution in [0.2, 0.25) is 0 Å². The molecule has 4 heteroatoms. The van der Waals surface area contributed by atoms with E-state index in [9.17, 15) is 0 Å². The Morgan fingerprint density at radius 1 is 1.75 bits per heavy atom. The molecule has 0 radical (unpaired) electrons. The summed E-state index contributed by atoms with van der Waals surface area (Å²) in [7, 11) is 0. The molecule has 0 bridgehead atoms. The molecule has 0 fully saturated rings. The van der Waals surface area contributed by atoms with Gasteiger partial charge in [-0.25, -0.2) is 0 Å². The quantitative estimate of drug-likeness (QED) is 0.856. The number of hydrogen-bond donors (Lipinski definition) is 2. The largest absolute Gasteiger partial charge is 0.398 e. The zero-order chi connectivity index (χ0) is 8.97. The van der Waals surface area contributed by atoms with E-state index in [4.69, 9.17) is 5.73 Å². The van der Waals surface area contributed by atoms with Crippen molar-refractivity contribution in [2.75, 3.05) is 12.3 Å². The summed E-state index contributed by atoms with van der Waals surface area (Å²) < 4.78 is 0.956. The summed E-state index contributed by atoms with van der Waals surface area (Å²) in [5, 5.41) is 5.21. The first-order chi connectivity index (χ1) is 5.70. The predicted molar refractivity (Wildman–Crippen MR) is 58.5 cm³/mol. The molecule has 0 saturated heterocycles. The fraction of sp³-hybridized carbons (Fsp3) is 0.250. The van der Waals surface area contributed by atoms with Gasteiger partial charge in [0.1, 0.15) is 0 Å². The summed E-state index contributed by atoms with van der Waals surface area (Å²) in [5.74, 6) is 0. The van der Waals surface area contributed by atoms with Gasteiger partial charge in [0.05, 0.1) is 0 Å². The lowest BCUT2D eigenvalue weighted by Crippen LogP contribution is -2.14. The van der Waals surface area contributed by atoms with Crippen LogP contribution in [0.4, 0.5) is 5.69 Å². The molecule has 0 amide bonds. The van der Waals surface area contributed by atoms with Crippen molar-refractivity contribution in [3.63, 3.8) is 0 Å². The molecule has 2 nitrogen and oxygen atoms in total. The number of halogens is 1. The van der Waals surface area contributed by atoms with Crippen molar-refractivity contribution in [1.82, 2.24) is 5.32 Å². The Morgan fingerprint density at radius 3 is 3.00 bits per heavy atom. The summed E-state index contributed by atoms with van der Waals surface area (Å²) in [6, 6.07) is 1.92. The van der Waals surface area contributed by atoms with Crippen LogP contribution in [0.1, 0.15) is 4.88 Å². The number of nitrogens with one attached hydrogen (secondary N) is 1. The first-order valence-electron chi connectivity index (χ1n) is 3.56. The van der Waals surface area contributed by atoms with Crippen LogP contribution in [0.25, 0.3) is 0 Å². The number of anilines is 1. The van der Waals surface area contributed by atoms with Crippen molar-refractivity contribution >= 4 is 33.0 Å². The molecule has 0 atom stereocenters. The van der Waals surface area contributed by atoms with Crippen LogP contribution in [-0.2, 0) is 6.54 Å². The van der Waals surface area contributed by atoms with Gasteiger partial charge in [0, 0.05) is 28.1 Å². The Labute approximate surface area is 84.6 Å². The van der Waals surface area contributed by atoms with Crippen molar-refractivity contribution in [2.45, 2.75) is 6.54 Å². The third-order valence-corrected chi connectivity index (χ3v) is 2.60. The van der Waals surface area contributed by atoms with Gasteiger partial charge in [-0.1, -0.05) is 22.5 Å². The number of hydrogen-bond acceptors (Lipinski definition) is 3. The highest BCUT2D eigenvalue weighted by atomic mass is 79.9. The Bertz CT molecular complexity index is 270. The van der Waals surface area contributed by atoms with E-state index in [1.54, 1.807) is 11.3 Å². The Hall–Kier alpha value is -0.320. The zero-order valence-corrected chi connectivity index (χ0v) is 9.04. The number of nitrogens with two attached hydrogens (primary N) is 1. The molecule has 66 valence electrons. The SMILES string of the molecule is C=C(Br)CNCc1sccc1N. The molecule has 12 heavy (non-hydrogen) atoms. The first kappa shape index (κ1) is 9.77. The highest BCUT2D eigenvalue weighted by molar-refractivity contribution is 9.11. The molecule has 0 unspecified atom stereocenters. The van der Waals surface area contributed by atoms with Crippen LogP contribution in [0.15, 0.2) is 22.5 Å². The van der Waals surface area contributed by atoms with Gasteiger partial charge in [-0.15, -0.1) is 11.3 Å². The normalized spacial score (nSPS) is 10.1. The van der Waals surface area contributed by atoms with E-state index in [1.807, 2.05) is 11.4 Å². The maximum atomic E-state index is 5.69. The summed E-state index contributed by atoms with van der Waals surface area (Å²) in [4.78, 5) is 1.18. The molecular weight excluding hydrogens is 236 g/mol. The molecular formula is C8H11BrN2S. The molecule has 0 aliphatic carbocycles. The summed E-state index contributed by atoms with van der Waals surface area (Å²) in [6.07, 6.45) is 0. The topological polar surface area (TPSA) is 38.0 Å². The van der Waals surface area contributed by atoms with Crippen LogP contribution in [0.5, 0.6) is 0 Å². The molecule has 3 N–H and O–H groups in total. The molecule has 0 aliphatic rings. The van der Waals surface area contributed by atoms with Crippen LogP contribution in [-0.4, -0.2) is 6.54 Å². The van der Waals surface area contributed by atoms with E-state index >= 15 is 0 Å². The first-order valence-corrected chi connectivity index (χ1v) is 5.23. The fourth-order valence-corrected chi connectivity index (χ4v) is 1.77. The van der Waals surface area contributed by atoms with E-state index in [-0.39, 0.29) is 0 Å². The molecule has 1 aromatic rings. The third-order valence-electron chi connectivity index (χ3n) is 1.38. The van der Waals surface area contributed by atoms with Gasteiger partial charge < -0.3 is 11.1 Å². The van der Waals surface area contributed by atoms with Crippen LogP contribution >= 0.6 is 27.3 Å². The van der Waals surface area contributed by atoms with E-state index in [2.05, 4.69) is 27.8 Å². The summed E-state index contributed by atoms with van der Waals surface area (Å²) in [5.41, 5.74) is 6.56. The minimum Gasteiger partial charge on any atom is -0.398 e. The maximum absolute atomic E-state index is 5.69. The van der Waals surface area contributed by atoms with Crippen LogP contribution < -0.4 is 11.1 Å². The number of thiophene rings is 1. The van der Waals surface area contributed by atoms with Gasteiger partial charge in [-0.05, 0) is 11.4 Å². The lowest BCUT2D eigenvalue weighted by molar-refractivity contribution is 0.768. The Morgan fingerprint density at radius 2 is 2.50 bits per heavy atom. The third kappa shape index (κ3) is 2.97. The minimum atomic E-state index is 0.775. The smallest absolute Gasteiger partial charge is 0.0468 e. The van der Waals surface area contributed by atoms with E-state index in [0.29, 0.717) is 0 Å². The van der Waals surface area contributed by atoms with E-state index in [1.165, 1.54) is 4.88 Å². The van der Waals surface area contributed by atoms with Gasteiger partial charge in [0.25, 0.3) is 0 Å². The van der Waals surface area contributed by atoms with E-state index in [0.717, 1.165) is 23.3 Å². The fourth-order valence-electron chi connectivity index (χ4n) is 0.806. The second-order valence-corrected chi connectivity index (χ2v) is 4.54. The second kappa shape index (κ2) is 4.64. The van der Waals surface area contributed by atoms with Gasteiger partial charge in [0.2, 0.25) is 0 Å². The van der Waals surface area contributed by atoms with Gasteiger partial charge >= 0.3 is 0 Å². The molecule has 0 aliphatic heterocycles. The molecule has 1 rings (SSSR count). The number of rotatable bonds is 4. The van der Waals surface area contributed by atoms with Crippen molar-refractivity contribution in [2.24, 2.45) is 0 Å². The molecule has 1 aromatic heterocycles. The molecule has 1 heterocycles. The zero-order valence-electron chi connectivity index (χ0n) is 6.64. The standard InChI is InChI=1S/C8H11BrN2S/c1-6(9)4-11-5-8-7(10)2-3-12-8/h2-3,11H,1,4-5,10H2. The maximum Gasteiger partial charge on any atom is 0.0468 e. The Balaban J connectivity index is 2.33. The molecule has 0 spiro atoms. The molecule has 0 aromatic carbocycles. The average molecular weight is 247 g/mol. The van der Waals surface area contributed by atoms with Crippen molar-refractivity contribution < 1.29 is 0 Å². The lowest BCUT2D eigenvalue weighted by atomic mass is 10.4. The van der Waals surface area contributed by atoms with Crippen LogP contribution in [0, 0.1) is 0 Å². The van der Waals surface area contributed by atoms with Gasteiger partial charge in [-0.2, -0.15) is 0 Å². The monoisotopic (exact) mass is 246 g/mol. The average Bonchev–Trinajstić information content (AvgIpc) is 2.36. The van der Waals surface area contributed by atoms with Gasteiger partial charge in [0.15, 0.2) is 0 Å². The predicted octanol–water partition coefficient (Wildman–Crippen LogP) is 2.33. The summed E-state index contributed by atoms with van der Waals surface area (Å²) >= 11 is 4.94. The van der Waals surface area contributed by atoms with Crippen molar-refractivity contribution in [1.29, 1.82) is 0 Å². The molecule has 0 saturated carbocycles. The lowest BCUT2D eigenvalue weighted by Gasteiger charge is -2.01. The van der Waals surface area contributed by atoms with Crippen molar-refractivity contribution in [3.05, 3.63) is 27.4 Å². The summed E-state index contributed by atoms with van der Waals surface area (Å²) in [6.45, 7) is 5.31. The van der Waals surface area contributed by atoms with Gasteiger partial charge in [-0.3, -0.25) is 0 Å². The second-order valence-electron chi connectivity index (χ2n) is 2.42. The highest BCUT2D eigenvalue weighted by Gasteiger charge is 1.98. The van der Waals surface area contributed by atoms with Crippen molar-refractivity contribution in [3.8, 4) is 0 Å². The Kier molecular flexibility index (Phi) is 3.78. The number of nitrogen functional groups attached to an aromatic ring is 1. The highest BCUT2D eigenvalue weighted by Crippen LogP contribution is 2.18. The van der Waals surface area contributed by atoms with E-state index < -0.39 is 0 Å².